The van der Waals surface area contributed by atoms with Crippen molar-refractivity contribution < 1.29 is 4.42 Å². The molecule has 188 valence electrons. The van der Waals surface area contributed by atoms with E-state index in [0.29, 0.717) is 23.5 Å². The fourth-order valence-corrected chi connectivity index (χ4v) is 5.30. The summed E-state index contributed by atoms with van der Waals surface area (Å²) in [6, 6.07) is 29.0. The van der Waals surface area contributed by atoms with Gasteiger partial charge in [-0.15, -0.1) is 0 Å². The van der Waals surface area contributed by atoms with E-state index in [0.717, 1.165) is 56.3 Å². The van der Waals surface area contributed by atoms with E-state index in [2.05, 4.69) is 88.4 Å². The van der Waals surface area contributed by atoms with Crippen molar-refractivity contribution >= 4 is 38.3 Å². The average molecular weight is 498 g/mol. The van der Waals surface area contributed by atoms with Crippen molar-refractivity contribution in [1.29, 1.82) is 0 Å². The maximum atomic E-state index is 6.18. The minimum atomic E-state index is 0.315. The Morgan fingerprint density at radius 1 is 0.789 bits per heavy atom. The van der Waals surface area contributed by atoms with Gasteiger partial charge in [0, 0.05) is 21.9 Å². The second kappa shape index (κ2) is 9.86. The molecule has 6 aromatic rings. The van der Waals surface area contributed by atoms with Crippen molar-refractivity contribution in [3.8, 4) is 22.8 Å². The summed E-state index contributed by atoms with van der Waals surface area (Å²) >= 11 is 0. The number of nitrogens with zero attached hydrogens (tertiary/aromatic N) is 3. The first-order valence-corrected chi connectivity index (χ1v) is 13.4. The fourth-order valence-electron chi connectivity index (χ4n) is 5.30. The van der Waals surface area contributed by atoms with Crippen LogP contribution in [0.5, 0.6) is 0 Å². The van der Waals surface area contributed by atoms with Gasteiger partial charge in [-0.25, -0.2) is 15.0 Å². The number of hydrogen-bond acceptors (Lipinski definition) is 4. The SMILES string of the molecule is C/C=C(/c1nc(-c2ccc3ccccc3c2)nc(-c2cccc3oc4ccccc4c23)n1)C(C)[C@H](C)CC. The largest absolute Gasteiger partial charge is 0.456 e. The molecule has 0 spiro atoms. The van der Waals surface area contributed by atoms with E-state index in [4.69, 9.17) is 19.4 Å². The number of aromatic nitrogens is 3. The standard InChI is InChI=1S/C34H31N3O/c1-5-21(3)22(4)26(6-2)33-35-32(25-19-18-23-12-7-8-13-24(23)20-25)36-34(37-33)28-15-11-17-30-31(28)27-14-9-10-16-29(27)38-30/h6-22H,5H2,1-4H3/b26-6+/t21-,22?/m1/s1. The highest BCUT2D eigenvalue weighted by molar-refractivity contribution is 6.11. The summed E-state index contributed by atoms with van der Waals surface area (Å²) < 4.78 is 6.18. The number of allylic oxidation sites excluding steroid dienone is 2. The minimum Gasteiger partial charge on any atom is -0.456 e. The van der Waals surface area contributed by atoms with Crippen LogP contribution >= 0.6 is 0 Å². The highest BCUT2D eigenvalue weighted by atomic mass is 16.3. The van der Waals surface area contributed by atoms with E-state index in [1.165, 1.54) is 5.39 Å². The summed E-state index contributed by atoms with van der Waals surface area (Å²) in [5, 5.41) is 4.45. The molecule has 2 atom stereocenters. The van der Waals surface area contributed by atoms with Crippen LogP contribution in [-0.4, -0.2) is 15.0 Å². The van der Waals surface area contributed by atoms with Crippen LogP contribution in [0.1, 0.15) is 39.9 Å². The Bertz CT molecular complexity index is 1810. The lowest BCUT2D eigenvalue weighted by atomic mass is 9.86. The molecule has 2 heterocycles. The molecule has 0 amide bonds. The van der Waals surface area contributed by atoms with E-state index < -0.39 is 0 Å². The molecule has 0 N–H and O–H groups in total. The zero-order chi connectivity index (χ0) is 26.2. The molecule has 0 aliphatic heterocycles. The number of para-hydroxylation sites is 1. The maximum Gasteiger partial charge on any atom is 0.164 e. The summed E-state index contributed by atoms with van der Waals surface area (Å²) in [6.45, 7) is 8.88. The van der Waals surface area contributed by atoms with Gasteiger partial charge in [0.15, 0.2) is 17.5 Å². The molecule has 0 bridgehead atoms. The molecule has 0 aliphatic carbocycles. The number of furan rings is 1. The maximum absolute atomic E-state index is 6.18. The van der Waals surface area contributed by atoms with Gasteiger partial charge in [-0.1, -0.05) is 100.0 Å². The Kier molecular flexibility index (Phi) is 6.24. The molecule has 0 aliphatic rings. The van der Waals surface area contributed by atoms with Crippen molar-refractivity contribution in [2.45, 2.75) is 34.1 Å². The summed E-state index contributed by atoms with van der Waals surface area (Å²) in [5.74, 6) is 2.89. The van der Waals surface area contributed by atoms with Crippen molar-refractivity contribution in [3.63, 3.8) is 0 Å². The predicted octanol–water partition coefficient (Wildman–Crippen LogP) is 9.34. The molecular formula is C34H31N3O. The molecule has 0 fully saturated rings. The zero-order valence-electron chi connectivity index (χ0n) is 22.3. The van der Waals surface area contributed by atoms with Crippen molar-refractivity contribution in [2.75, 3.05) is 0 Å². The van der Waals surface area contributed by atoms with Crippen LogP contribution in [0, 0.1) is 11.8 Å². The van der Waals surface area contributed by atoms with Gasteiger partial charge in [0.05, 0.1) is 0 Å². The lowest BCUT2D eigenvalue weighted by Gasteiger charge is -2.21. The molecule has 0 radical (unpaired) electrons. The normalized spacial score (nSPS) is 13.8. The van der Waals surface area contributed by atoms with Gasteiger partial charge >= 0.3 is 0 Å². The van der Waals surface area contributed by atoms with E-state index in [1.807, 2.05) is 30.3 Å². The first-order valence-electron chi connectivity index (χ1n) is 13.4. The Balaban J connectivity index is 1.61. The molecule has 2 aromatic heterocycles. The smallest absolute Gasteiger partial charge is 0.164 e. The Hall–Kier alpha value is -4.31. The van der Waals surface area contributed by atoms with Gasteiger partial charge in [0.2, 0.25) is 0 Å². The van der Waals surface area contributed by atoms with Crippen molar-refractivity contribution in [3.05, 3.63) is 96.8 Å². The Labute approximate surface area is 223 Å². The highest BCUT2D eigenvalue weighted by Gasteiger charge is 2.22. The monoisotopic (exact) mass is 497 g/mol. The lowest BCUT2D eigenvalue weighted by Crippen LogP contribution is -2.13. The molecule has 4 aromatic carbocycles. The van der Waals surface area contributed by atoms with Gasteiger partial charge in [-0.05, 0) is 53.3 Å². The van der Waals surface area contributed by atoms with E-state index in [-0.39, 0.29) is 0 Å². The molecular weight excluding hydrogens is 466 g/mol. The van der Waals surface area contributed by atoms with E-state index in [9.17, 15) is 0 Å². The van der Waals surface area contributed by atoms with Crippen molar-refractivity contribution in [2.24, 2.45) is 11.8 Å². The fraction of sp³-hybridized carbons (Fsp3) is 0.206. The molecule has 38 heavy (non-hydrogen) atoms. The number of benzene rings is 4. The first kappa shape index (κ1) is 24.1. The Morgan fingerprint density at radius 2 is 1.53 bits per heavy atom. The van der Waals surface area contributed by atoms with Crippen LogP contribution in [0.3, 0.4) is 0 Å². The quantitative estimate of drug-likeness (QED) is 0.230. The van der Waals surface area contributed by atoms with Gasteiger partial charge < -0.3 is 4.42 Å². The molecule has 4 nitrogen and oxygen atoms in total. The number of hydrogen-bond donors (Lipinski definition) is 0. The third kappa shape index (κ3) is 4.16. The molecule has 4 heteroatoms. The summed E-state index contributed by atoms with van der Waals surface area (Å²) in [5.41, 5.74) is 4.76. The molecule has 1 unspecified atom stereocenters. The topological polar surface area (TPSA) is 51.8 Å². The number of fused-ring (bicyclic) bond motifs is 4. The van der Waals surface area contributed by atoms with Gasteiger partial charge in [0.25, 0.3) is 0 Å². The average Bonchev–Trinajstić information content (AvgIpc) is 3.35. The third-order valence-electron chi connectivity index (χ3n) is 7.84. The van der Waals surface area contributed by atoms with Gasteiger partial charge in [0.1, 0.15) is 11.2 Å². The van der Waals surface area contributed by atoms with Crippen LogP contribution in [0.15, 0.2) is 95.4 Å². The molecule has 0 saturated carbocycles. The second-order valence-corrected chi connectivity index (χ2v) is 10.1. The van der Waals surface area contributed by atoms with Crippen molar-refractivity contribution in [1.82, 2.24) is 15.0 Å². The first-order chi connectivity index (χ1) is 18.6. The summed E-state index contributed by atoms with van der Waals surface area (Å²) in [7, 11) is 0. The minimum absolute atomic E-state index is 0.315. The van der Waals surface area contributed by atoms with Gasteiger partial charge in [-0.3, -0.25) is 0 Å². The van der Waals surface area contributed by atoms with Crippen LogP contribution in [0.25, 0.3) is 61.1 Å². The van der Waals surface area contributed by atoms with Gasteiger partial charge in [-0.2, -0.15) is 0 Å². The van der Waals surface area contributed by atoms with Crippen LogP contribution in [-0.2, 0) is 0 Å². The van der Waals surface area contributed by atoms with Crippen LogP contribution < -0.4 is 0 Å². The summed E-state index contributed by atoms with van der Waals surface area (Å²) in [4.78, 5) is 15.2. The van der Waals surface area contributed by atoms with Crippen LogP contribution in [0.2, 0.25) is 0 Å². The third-order valence-corrected chi connectivity index (χ3v) is 7.84. The second-order valence-electron chi connectivity index (χ2n) is 10.1. The van der Waals surface area contributed by atoms with E-state index >= 15 is 0 Å². The summed E-state index contributed by atoms with van der Waals surface area (Å²) in [6.07, 6.45) is 3.25. The lowest BCUT2D eigenvalue weighted by molar-refractivity contribution is 0.455. The zero-order valence-corrected chi connectivity index (χ0v) is 22.3. The van der Waals surface area contributed by atoms with Crippen LogP contribution in [0.4, 0.5) is 0 Å². The number of rotatable bonds is 6. The highest BCUT2D eigenvalue weighted by Crippen LogP contribution is 2.37. The Morgan fingerprint density at radius 3 is 2.34 bits per heavy atom. The predicted molar refractivity (Wildman–Crippen MR) is 158 cm³/mol. The molecule has 0 saturated heterocycles. The molecule has 6 rings (SSSR count). The van der Waals surface area contributed by atoms with E-state index in [1.54, 1.807) is 0 Å².